The first kappa shape index (κ1) is 31.4. The SMILES string of the molecule is CNC(=O)[C@H](Cc1ccccc1)N(Cc1ccc(Cl)cc1Cl)C(=O)CN(c1cc(C)ccc1C)S(=O)(=O)N(C)C. The third-order valence-corrected chi connectivity index (χ3v) is 8.92. The molecule has 11 heteroatoms. The standard InChI is InChI=1S/C29H34Cl2N4O4S/c1-20-11-12-21(2)26(15-20)35(40(38,39)33(4)5)19-28(36)34(18-23-13-14-24(30)17-25(23)31)27(29(37)32-3)16-22-9-7-6-8-10-22/h6-15,17,27H,16,18-19H2,1-5H3,(H,32,37)/t27-/m0/s1. The van der Waals surface area contributed by atoms with Gasteiger partial charge in [-0.05, 0) is 54.3 Å². The van der Waals surface area contributed by atoms with Gasteiger partial charge >= 0.3 is 10.2 Å². The molecule has 0 unspecified atom stereocenters. The maximum atomic E-state index is 14.2. The number of hydrogen-bond acceptors (Lipinski definition) is 4. The molecule has 0 aliphatic carbocycles. The minimum absolute atomic E-state index is 0.0393. The number of nitrogens with zero attached hydrogens (tertiary/aromatic N) is 3. The van der Waals surface area contributed by atoms with Crippen molar-refractivity contribution in [2.75, 3.05) is 32.0 Å². The van der Waals surface area contributed by atoms with E-state index in [2.05, 4.69) is 5.32 Å². The molecule has 2 amide bonds. The predicted octanol–water partition coefficient (Wildman–Crippen LogP) is 4.61. The Kier molecular flexibility index (Phi) is 10.6. The molecule has 0 spiro atoms. The Morgan fingerprint density at radius 2 is 1.62 bits per heavy atom. The number of carbonyl (C=O) groups is 2. The minimum atomic E-state index is -4.08. The first-order chi connectivity index (χ1) is 18.8. The van der Waals surface area contributed by atoms with Gasteiger partial charge in [0.1, 0.15) is 12.6 Å². The van der Waals surface area contributed by atoms with Gasteiger partial charge in [0.25, 0.3) is 0 Å². The molecule has 1 N–H and O–H groups in total. The molecule has 0 aliphatic heterocycles. The zero-order chi connectivity index (χ0) is 29.6. The normalized spacial score (nSPS) is 12.2. The van der Waals surface area contributed by atoms with E-state index in [0.29, 0.717) is 26.9 Å². The molecule has 0 heterocycles. The number of carbonyl (C=O) groups excluding carboxylic acids is 2. The summed E-state index contributed by atoms with van der Waals surface area (Å²) >= 11 is 12.6. The van der Waals surface area contributed by atoms with Crippen molar-refractivity contribution in [3.63, 3.8) is 0 Å². The molecular weight excluding hydrogens is 571 g/mol. The summed E-state index contributed by atoms with van der Waals surface area (Å²) in [5.74, 6) is -0.960. The van der Waals surface area contributed by atoms with Gasteiger partial charge in [0.2, 0.25) is 11.8 Å². The molecule has 0 aromatic heterocycles. The van der Waals surface area contributed by atoms with Crippen LogP contribution in [0.3, 0.4) is 0 Å². The van der Waals surface area contributed by atoms with Crippen LogP contribution in [0, 0.1) is 13.8 Å². The molecule has 8 nitrogen and oxygen atoms in total. The zero-order valence-electron chi connectivity index (χ0n) is 23.2. The number of rotatable bonds is 11. The van der Waals surface area contributed by atoms with E-state index in [4.69, 9.17) is 23.2 Å². The summed E-state index contributed by atoms with van der Waals surface area (Å²) in [7, 11) is 0.233. The molecule has 0 saturated heterocycles. The second-order valence-electron chi connectivity index (χ2n) is 9.66. The highest BCUT2D eigenvalue weighted by Gasteiger charge is 2.35. The number of halogens is 2. The molecule has 3 rings (SSSR count). The Morgan fingerprint density at radius 3 is 2.23 bits per heavy atom. The molecule has 3 aromatic rings. The van der Waals surface area contributed by atoms with Crippen LogP contribution in [0.25, 0.3) is 0 Å². The van der Waals surface area contributed by atoms with Crippen molar-refractivity contribution in [2.24, 2.45) is 0 Å². The van der Waals surface area contributed by atoms with Gasteiger partial charge in [0, 0.05) is 44.2 Å². The van der Waals surface area contributed by atoms with Crippen LogP contribution >= 0.6 is 23.2 Å². The van der Waals surface area contributed by atoms with Crippen LogP contribution in [-0.4, -0.2) is 63.2 Å². The highest BCUT2D eigenvalue weighted by Crippen LogP contribution is 2.28. The van der Waals surface area contributed by atoms with Crippen molar-refractivity contribution in [3.8, 4) is 0 Å². The van der Waals surface area contributed by atoms with Crippen molar-refractivity contribution in [2.45, 2.75) is 32.9 Å². The van der Waals surface area contributed by atoms with Crippen LogP contribution in [-0.2, 0) is 32.8 Å². The summed E-state index contributed by atoms with van der Waals surface area (Å²) in [6, 6.07) is 18.7. The summed E-state index contributed by atoms with van der Waals surface area (Å²) in [5, 5.41) is 3.41. The monoisotopic (exact) mass is 604 g/mol. The molecule has 1 atom stereocenters. The van der Waals surface area contributed by atoms with E-state index in [0.717, 1.165) is 19.7 Å². The maximum absolute atomic E-state index is 14.2. The fourth-order valence-electron chi connectivity index (χ4n) is 4.24. The molecule has 0 fully saturated rings. The number of amides is 2. The smallest absolute Gasteiger partial charge is 0.304 e. The highest BCUT2D eigenvalue weighted by atomic mass is 35.5. The Labute approximate surface area is 246 Å². The van der Waals surface area contributed by atoms with E-state index < -0.39 is 34.6 Å². The predicted molar refractivity (Wildman–Crippen MR) is 161 cm³/mol. The van der Waals surface area contributed by atoms with Gasteiger partial charge in [-0.1, -0.05) is 71.7 Å². The van der Waals surface area contributed by atoms with E-state index in [1.165, 1.54) is 26.0 Å². The Bertz CT molecular complexity index is 1470. The molecule has 40 heavy (non-hydrogen) atoms. The molecule has 0 aliphatic rings. The highest BCUT2D eigenvalue weighted by molar-refractivity contribution is 7.90. The van der Waals surface area contributed by atoms with E-state index >= 15 is 0 Å². The molecular formula is C29H34Cl2N4O4S. The first-order valence-corrected chi connectivity index (χ1v) is 14.8. The average molecular weight is 606 g/mol. The van der Waals surface area contributed by atoms with Gasteiger partial charge in [-0.15, -0.1) is 0 Å². The van der Waals surface area contributed by atoms with Crippen molar-refractivity contribution in [1.29, 1.82) is 0 Å². The number of anilines is 1. The summed E-state index contributed by atoms with van der Waals surface area (Å²) < 4.78 is 29.2. The van der Waals surface area contributed by atoms with Gasteiger partial charge in [-0.2, -0.15) is 12.7 Å². The average Bonchev–Trinajstić information content (AvgIpc) is 2.91. The number of benzene rings is 3. The van der Waals surface area contributed by atoms with Crippen molar-refractivity contribution in [3.05, 3.63) is 99.0 Å². The van der Waals surface area contributed by atoms with E-state index in [-0.39, 0.29) is 13.0 Å². The lowest BCUT2D eigenvalue weighted by molar-refractivity contribution is -0.139. The Hall–Kier alpha value is -3.11. The van der Waals surface area contributed by atoms with Gasteiger partial charge in [-0.3, -0.25) is 9.59 Å². The van der Waals surface area contributed by atoms with Gasteiger partial charge in [-0.25, -0.2) is 4.31 Å². The Balaban J connectivity index is 2.13. The number of likely N-dealkylation sites (N-methyl/N-ethyl adjacent to an activating group) is 1. The van der Waals surface area contributed by atoms with Crippen LogP contribution in [0.4, 0.5) is 5.69 Å². The van der Waals surface area contributed by atoms with E-state index in [9.17, 15) is 18.0 Å². The van der Waals surface area contributed by atoms with Gasteiger partial charge < -0.3 is 10.2 Å². The van der Waals surface area contributed by atoms with E-state index in [1.54, 1.807) is 37.3 Å². The lowest BCUT2D eigenvalue weighted by Crippen LogP contribution is -2.54. The van der Waals surface area contributed by atoms with Crippen LogP contribution in [0.15, 0.2) is 66.7 Å². The fourth-order valence-corrected chi connectivity index (χ4v) is 5.83. The van der Waals surface area contributed by atoms with Crippen LogP contribution < -0.4 is 9.62 Å². The largest absolute Gasteiger partial charge is 0.357 e. The number of aryl methyl sites for hydroxylation is 2. The molecule has 0 radical (unpaired) electrons. The lowest BCUT2D eigenvalue weighted by atomic mass is 10.0. The van der Waals surface area contributed by atoms with Gasteiger partial charge in [0.05, 0.1) is 5.69 Å². The van der Waals surface area contributed by atoms with Crippen molar-refractivity contribution >= 4 is 50.9 Å². The second-order valence-corrected chi connectivity index (χ2v) is 12.6. The summed E-state index contributed by atoms with van der Waals surface area (Å²) in [4.78, 5) is 28.8. The summed E-state index contributed by atoms with van der Waals surface area (Å²) in [6.07, 6.45) is 0.210. The number of hydrogen-bond donors (Lipinski definition) is 1. The molecule has 0 bridgehead atoms. The quantitative estimate of drug-likeness (QED) is 0.346. The van der Waals surface area contributed by atoms with Crippen LogP contribution in [0.1, 0.15) is 22.3 Å². The van der Waals surface area contributed by atoms with Crippen molar-refractivity contribution in [1.82, 2.24) is 14.5 Å². The van der Waals surface area contributed by atoms with E-state index in [1.807, 2.05) is 43.3 Å². The first-order valence-electron chi connectivity index (χ1n) is 12.6. The molecule has 3 aromatic carbocycles. The summed E-state index contributed by atoms with van der Waals surface area (Å²) in [6.45, 7) is 3.06. The topological polar surface area (TPSA) is 90.0 Å². The minimum Gasteiger partial charge on any atom is -0.357 e. The third kappa shape index (κ3) is 7.54. The fraction of sp³-hybridized carbons (Fsp3) is 0.310. The van der Waals surface area contributed by atoms with Crippen molar-refractivity contribution < 1.29 is 18.0 Å². The zero-order valence-corrected chi connectivity index (χ0v) is 25.5. The maximum Gasteiger partial charge on any atom is 0.304 e. The summed E-state index contributed by atoms with van der Waals surface area (Å²) in [5.41, 5.74) is 3.30. The number of nitrogens with one attached hydrogen (secondary N) is 1. The van der Waals surface area contributed by atoms with Crippen LogP contribution in [0.5, 0.6) is 0 Å². The molecule has 0 saturated carbocycles. The Morgan fingerprint density at radius 1 is 0.950 bits per heavy atom. The van der Waals surface area contributed by atoms with Crippen LogP contribution in [0.2, 0.25) is 10.0 Å². The second kappa shape index (κ2) is 13.5. The third-order valence-electron chi connectivity index (χ3n) is 6.53. The lowest BCUT2D eigenvalue weighted by Gasteiger charge is -2.34. The molecule has 214 valence electrons. The van der Waals surface area contributed by atoms with Gasteiger partial charge in [0.15, 0.2) is 0 Å².